The van der Waals surface area contributed by atoms with E-state index < -0.39 is 41.6 Å². The number of hydrogen-bond donors (Lipinski definition) is 3. The lowest BCUT2D eigenvalue weighted by molar-refractivity contribution is -0.137. The number of nitriles is 1. The minimum Gasteiger partial charge on any atom is -0.378 e. The minimum absolute atomic E-state index is 0.0443. The second kappa shape index (κ2) is 7.79. The zero-order valence-electron chi connectivity index (χ0n) is 12.7. The topological polar surface area (TPSA) is 116 Å². The van der Waals surface area contributed by atoms with Crippen molar-refractivity contribution in [3.63, 3.8) is 0 Å². The average molecular weight is 343 g/mol. The van der Waals surface area contributed by atoms with Crippen molar-refractivity contribution in [2.45, 2.75) is 31.7 Å². The zero-order valence-corrected chi connectivity index (χ0v) is 12.7. The molecule has 0 bridgehead atoms. The van der Waals surface area contributed by atoms with Crippen LogP contribution in [0.25, 0.3) is 0 Å². The number of alkyl halides is 3. The molecule has 0 aromatic heterocycles. The van der Waals surface area contributed by atoms with Crippen molar-refractivity contribution in [2.24, 2.45) is 11.7 Å². The van der Waals surface area contributed by atoms with Crippen LogP contribution in [0.15, 0.2) is 24.3 Å². The zero-order chi connectivity index (χ0) is 18.5. The van der Waals surface area contributed by atoms with E-state index in [0.717, 1.165) is 24.3 Å². The predicted octanol–water partition coefficient (Wildman–Crippen LogP) is 1.26. The highest BCUT2D eigenvalue weighted by Gasteiger charge is 2.31. The number of benzene rings is 1. The number of rotatable bonds is 6. The van der Waals surface area contributed by atoms with E-state index >= 15 is 0 Å². The highest BCUT2D eigenvalue weighted by Crippen LogP contribution is 2.30. The number of carbonyl (C=O) groups excluding carboxylic acids is 2. The molecule has 1 aromatic carbocycles. The second-order valence-corrected chi connectivity index (χ2v) is 5.25. The molecule has 0 heterocycles. The summed E-state index contributed by atoms with van der Waals surface area (Å²) in [6.45, 7) is 1.52. The molecule has 1 rings (SSSR count). The van der Waals surface area contributed by atoms with E-state index in [9.17, 15) is 27.9 Å². The maximum absolute atomic E-state index is 12.5. The van der Waals surface area contributed by atoms with Crippen molar-refractivity contribution in [3.8, 4) is 6.07 Å². The number of hydrogen-bond acceptors (Lipinski definition) is 4. The van der Waals surface area contributed by atoms with Gasteiger partial charge in [-0.15, -0.1) is 0 Å². The summed E-state index contributed by atoms with van der Waals surface area (Å²) in [6.07, 6.45) is -6.35. The second-order valence-electron chi connectivity index (χ2n) is 5.25. The molecule has 2 amide bonds. The summed E-state index contributed by atoms with van der Waals surface area (Å²) in [5.41, 5.74) is 4.13. The Labute approximate surface area is 136 Å². The SMILES string of the molecule is C[C@@H](C#N)C[C@@H](NC(=O)[C@@H](O)c1ccc(C(F)(F)F)cc1)C(N)=O. The first-order valence-corrected chi connectivity index (χ1v) is 6.90. The standard InChI is InChI=1S/C15H16F3N3O3/c1-8(7-19)6-11(13(20)23)21-14(24)12(22)9-2-4-10(5-3-9)15(16,17)18/h2-5,8,11-12,22H,6H2,1H3,(H2,20,23)(H,21,24)/t8-,11-,12+/m1/s1. The number of nitrogens with zero attached hydrogens (tertiary/aromatic N) is 1. The summed E-state index contributed by atoms with van der Waals surface area (Å²) in [5, 5.41) is 20.8. The van der Waals surface area contributed by atoms with Crippen LogP contribution < -0.4 is 11.1 Å². The molecule has 0 saturated heterocycles. The smallest absolute Gasteiger partial charge is 0.378 e. The van der Waals surface area contributed by atoms with Gasteiger partial charge in [0.1, 0.15) is 6.04 Å². The molecule has 6 nitrogen and oxygen atoms in total. The third-order valence-electron chi connectivity index (χ3n) is 3.27. The lowest BCUT2D eigenvalue weighted by Crippen LogP contribution is -2.46. The summed E-state index contributed by atoms with van der Waals surface area (Å²) in [5.74, 6) is -2.44. The number of amides is 2. The number of halogens is 3. The van der Waals surface area contributed by atoms with Crippen LogP contribution in [0.1, 0.15) is 30.6 Å². The van der Waals surface area contributed by atoms with Crippen molar-refractivity contribution < 1.29 is 27.9 Å². The number of aliphatic hydroxyl groups excluding tert-OH is 1. The highest BCUT2D eigenvalue weighted by atomic mass is 19.4. The fourth-order valence-corrected chi connectivity index (χ4v) is 1.91. The van der Waals surface area contributed by atoms with Crippen LogP contribution in [0.4, 0.5) is 13.2 Å². The van der Waals surface area contributed by atoms with Crippen molar-refractivity contribution in [1.82, 2.24) is 5.32 Å². The Bertz CT molecular complexity index is 638. The molecular weight excluding hydrogens is 327 g/mol. The van der Waals surface area contributed by atoms with E-state index in [4.69, 9.17) is 11.0 Å². The first-order chi connectivity index (χ1) is 11.1. The van der Waals surface area contributed by atoms with E-state index in [-0.39, 0.29) is 12.0 Å². The quantitative estimate of drug-likeness (QED) is 0.721. The van der Waals surface area contributed by atoms with E-state index in [2.05, 4.69) is 5.32 Å². The number of primary amides is 1. The Balaban J connectivity index is 2.83. The van der Waals surface area contributed by atoms with Gasteiger partial charge in [0.15, 0.2) is 6.10 Å². The molecule has 0 fully saturated rings. The van der Waals surface area contributed by atoms with Gasteiger partial charge < -0.3 is 16.2 Å². The molecule has 1 aromatic rings. The van der Waals surface area contributed by atoms with Gasteiger partial charge in [0.05, 0.1) is 11.6 Å². The van der Waals surface area contributed by atoms with Crippen LogP contribution in [-0.2, 0) is 15.8 Å². The van der Waals surface area contributed by atoms with Gasteiger partial charge in [0.25, 0.3) is 5.91 Å². The third kappa shape index (κ3) is 5.24. The van der Waals surface area contributed by atoms with Gasteiger partial charge in [-0.2, -0.15) is 18.4 Å². The molecule has 0 unspecified atom stereocenters. The molecule has 0 aliphatic heterocycles. The number of nitrogens with one attached hydrogen (secondary N) is 1. The third-order valence-corrected chi connectivity index (χ3v) is 3.27. The van der Waals surface area contributed by atoms with Gasteiger partial charge in [0, 0.05) is 5.92 Å². The van der Waals surface area contributed by atoms with Gasteiger partial charge in [0.2, 0.25) is 5.91 Å². The average Bonchev–Trinajstić information content (AvgIpc) is 2.52. The van der Waals surface area contributed by atoms with E-state index in [1.807, 2.05) is 6.07 Å². The molecule has 0 saturated carbocycles. The lowest BCUT2D eigenvalue weighted by Gasteiger charge is -2.19. The summed E-state index contributed by atoms with van der Waals surface area (Å²) < 4.78 is 37.4. The molecule has 0 spiro atoms. The first kappa shape index (κ1) is 19.4. The molecule has 0 radical (unpaired) electrons. The lowest BCUT2D eigenvalue weighted by atomic mass is 10.0. The monoisotopic (exact) mass is 343 g/mol. The molecule has 0 aliphatic carbocycles. The molecule has 4 N–H and O–H groups in total. The van der Waals surface area contributed by atoms with E-state index in [1.165, 1.54) is 6.92 Å². The Morgan fingerprint density at radius 2 is 1.88 bits per heavy atom. The molecule has 130 valence electrons. The molecular formula is C15H16F3N3O3. The first-order valence-electron chi connectivity index (χ1n) is 6.90. The van der Waals surface area contributed by atoms with Crippen LogP contribution in [0.5, 0.6) is 0 Å². The van der Waals surface area contributed by atoms with Crippen LogP contribution >= 0.6 is 0 Å². The molecule has 9 heteroatoms. The summed E-state index contributed by atoms with van der Waals surface area (Å²) in [4.78, 5) is 23.2. The van der Waals surface area contributed by atoms with E-state index in [0.29, 0.717) is 0 Å². The van der Waals surface area contributed by atoms with E-state index in [1.54, 1.807) is 0 Å². The van der Waals surface area contributed by atoms with Gasteiger partial charge in [-0.25, -0.2) is 0 Å². The van der Waals surface area contributed by atoms with Crippen LogP contribution in [0.2, 0.25) is 0 Å². The minimum atomic E-state index is -4.53. The number of nitrogens with two attached hydrogens (primary N) is 1. The summed E-state index contributed by atoms with van der Waals surface area (Å²) >= 11 is 0. The van der Waals surface area contributed by atoms with Crippen molar-refractivity contribution in [1.29, 1.82) is 5.26 Å². The van der Waals surface area contributed by atoms with Crippen LogP contribution in [0, 0.1) is 17.2 Å². The Morgan fingerprint density at radius 3 is 2.29 bits per heavy atom. The van der Waals surface area contributed by atoms with Gasteiger partial charge in [-0.05, 0) is 31.0 Å². The Kier molecular flexibility index (Phi) is 6.31. The molecule has 0 aliphatic rings. The summed E-state index contributed by atoms with van der Waals surface area (Å²) in [7, 11) is 0. The number of carbonyl (C=O) groups is 2. The fraction of sp³-hybridized carbons (Fsp3) is 0.400. The molecule has 3 atom stereocenters. The Morgan fingerprint density at radius 1 is 1.33 bits per heavy atom. The molecule has 24 heavy (non-hydrogen) atoms. The van der Waals surface area contributed by atoms with Crippen LogP contribution in [-0.4, -0.2) is 23.0 Å². The van der Waals surface area contributed by atoms with Gasteiger partial charge in [-0.3, -0.25) is 9.59 Å². The van der Waals surface area contributed by atoms with Crippen LogP contribution in [0.3, 0.4) is 0 Å². The Hall–Kier alpha value is -2.60. The fourth-order valence-electron chi connectivity index (χ4n) is 1.91. The maximum atomic E-state index is 12.5. The summed E-state index contributed by atoms with van der Waals surface area (Å²) in [6, 6.07) is 4.09. The van der Waals surface area contributed by atoms with Crippen molar-refractivity contribution in [2.75, 3.05) is 0 Å². The van der Waals surface area contributed by atoms with Gasteiger partial charge >= 0.3 is 6.18 Å². The largest absolute Gasteiger partial charge is 0.416 e. The highest BCUT2D eigenvalue weighted by molar-refractivity contribution is 5.89. The predicted molar refractivity (Wildman–Crippen MR) is 76.9 cm³/mol. The maximum Gasteiger partial charge on any atom is 0.416 e. The normalized spacial score (nSPS) is 15.0. The van der Waals surface area contributed by atoms with Crippen molar-refractivity contribution in [3.05, 3.63) is 35.4 Å². The number of aliphatic hydroxyl groups is 1. The van der Waals surface area contributed by atoms with Gasteiger partial charge in [-0.1, -0.05) is 12.1 Å². The van der Waals surface area contributed by atoms with Crippen molar-refractivity contribution >= 4 is 11.8 Å².